The summed E-state index contributed by atoms with van der Waals surface area (Å²) >= 11 is 9.30. The smallest absolute Gasteiger partial charge is 0.436 e. The Kier molecular flexibility index (Phi) is 7.99. The van der Waals surface area contributed by atoms with Gasteiger partial charge in [-0.3, -0.25) is 5.43 Å². The highest BCUT2D eigenvalue weighted by molar-refractivity contribution is 7.80. The van der Waals surface area contributed by atoms with Crippen LogP contribution in [0.3, 0.4) is 0 Å². The fourth-order valence-electron chi connectivity index (χ4n) is 0.858. The minimum atomic E-state index is -4.70. The van der Waals surface area contributed by atoms with Gasteiger partial charge < -0.3 is 10.1 Å². The van der Waals surface area contributed by atoms with Gasteiger partial charge in [0.1, 0.15) is 0 Å². The van der Waals surface area contributed by atoms with E-state index in [1.54, 1.807) is 6.92 Å². The van der Waals surface area contributed by atoms with Crippen LogP contribution < -0.4 is 16.2 Å². The van der Waals surface area contributed by atoms with E-state index in [1.807, 2.05) is 5.43 Å². The summed E-state index contributed by atoms with van der Waals surface area (Å²) in [4.78, 5) is 0. The maximum Gasteiger partial charge on any atom is 0.436 e. The van der Waals surface area contributed by atoms with E-state index in [-0.39, 0.29) is 16.9 Å². The zero-order chi connectivity index (χ0) is 15.8. The summed E-state index contributed by atoms with van der Waals surface area (Å²) in [5.41, 5.74) is 2.57. The van der Waals surface area contributed by atoms with Crippen LogP contribution in [0.1, 0.15) is 13.8 Å². The molecular formula is C9H14F3N5OS2. The first kappa shape index (κ1) is 18.5. The van der Waals surface area contributed by atoms with Crippen molar-refractivity contribution in [3.05, 3.63) is 0 Å². The largest absolute Gasteiger partial charge is 0.470 e. The second kappa shape index (κ2) is 8.64. The summed E-state index contributed by atoms with van der Waals surface area (Å²) in [6.45, 7) is 2.98. The van der Waals surface area contributed by atoms with Crippen molar-refractivity contribution in [3.63, 3.8) is 0 Å². The first-order valence-corrected chi connectivity index (χ1v) is 6.14. The molecule has 0 aromatic heterocycles. The Morgan fingerprint density at radius 3 is 2.25 bits per heavy atom. The molecule has 20 heavy (non-hydrogen) atoms. The summed E-state index contributed by atoms with van der Waals surface area (Å²) in [5.74, 6) is 0. The van der Waals surface area contributed by atoms with E-state index < -0.39 is 17.6 Å². The molecule has 0 rings (SSSR count). The molecule has 3 N–H and O–H groups in total. The molecule has 0 aliphatic heterocycles. The van der Waals surface area contributed by atoms with E-state index in [0.717, 1.165) is 6.92 Å². The summed E-state index contributed by atoms with van der Waals surface area (Å²) in [6, 6.07) is 0. The number of thiocarbonyl (C=S) groups is 2. The van der Waals surface area contributed by atoms with Gasteiger partial charge in [-0.1, -0.05) is 0 Å². The van der Waals surface area contributed by atoms with E-state index in [2.05, 4.69) is 45.4 Å². The molecule has 0 spiro atoms. The number of halogens is 3. The first-order chi connectivity index (χ1) is 9.22. The number of nitrogens with zero attached hydrogens (tertiary/aromatic N) is 2. The van der Waals surface area contributed by atoms with Gasteiger partial charge in [-0.15, -0.1) is 0 Å². The first-order valence-electron chi connectivity index (χ1n) is 5.32. The molecular weight excluding hydrogens is 315 g/mol. The zero-order valence-electron chi connectivity index (χ0n) is 11.0. The monoisotopic (exact) mass is 329 g/mol. The highest BCUT2D eigenvalue weighted by Crippen LogP contribution is 2.18. The summed E-state index contributed by atoms with van der Waals surface area (Å²) < 4.78 is 43.2. The molecule has 0 aliphatic carbocycles. The Hall–Kier alpha value is -1.49. The van der Waals surface area contributed by atoms with Crippen LogP contribution in [0.15, 0.2) is 10.2 Å². The number of rotatable bonds is 4. The van der Waals surface area contributed by atoms with Crippen molar-refractivity contribution in [2.75, 3.05) is 13.7 Å². The number of hydrazone groups is 2. The second-order valence-corrected chi connectivity index (χ2v) is 3.96. The summed E-state index contributed by atoms with van der Waals surface area (Å²) in [7, 11) is 1.50. The van der Waals surface area contributed by atoms with Crippen molar-refractivity contribution in [3.8, 4) is 0 Å². The predicted octanol–water partition coefficient (Wildman–Crippen LogP) is 1.29. The van der Waals surface area contributed by atoms with E-state index >= 15 is 0 Å². The van der Waals surface area contributed by atoms with Crippen LogP contribution in [-0.2, 0) is 4.74 Å². The molecule has 0 heterocycles. The van der Waals surface area contributed by atoms with Crippen LogP contribution in [-0.4, -0.2) is 41.5 Å². The molecule has 0 saturated heterocycles. The van der Waals surface area contributed by atoms with Crippen molar-refractivity contribution < 1.29 is 17.9 Å². The Morgan fingerprint density at radius 2 is 1.80 bits per heavy atom. The SMILES string of the molecule is CCOC(=S)N/N=C(/C(C)=N/NC(=S)NC)C(F)(F)F. The van der Waals surface area contributed by atoms with Crippen molar-refractivity contribution in [1.29, 1.82) is 0 Å². The minimum Gasteiger partial charge on any atom is -0.470 e. The van der Waals surface area contributed by atoms with Gasteiger partial charge in [-0.05, 0) is 38.3 Å². The third-order valence-electron chi connectivity index (χ3n) is 1.70. The van der Waals surface area contributed by atoms with E-state index in [9.17, 15) is 13.2 Å². The zero-order valence-corrected chi connectivity index (χ0v) is 12.6. The molecule has 0 bridgehead atoms. The highest BCUT2D eigenvalue weighted by Gasteiger charge is 2.38. The van der Waals surface area contributed by atoms with Gasteiger partial charge in [0.2, 0.25) is 0 Å². The number of hydrogen-bond donors (Lipinski definition) is 3. The van der Waals surface area contributed by atoms with Gasteiger partial charge in [0, 0.05) is 7.05 Å². The Balaban J connectivity index is 5.02. The van der Waals surface area contributed by atoms with Crippen molar-refractivity contribution in [2.24, 2.45) is 10.2 Å². The normalized spacial score (nSPS) is 12.7. The number of hydrogen-bond acceptors (Lipinski definition) is 5. The highest BCUT2D eigenvalue weighted by atomic mass is 32.1. The third kappa shape index (κ3) is 7.19. The van der Waals surface area contributed by atoms with Gasteiger partial charge in [0.15, 0.2) is 10.8 Å². The molecule has 0 aliphatic rings. The van der Waals surface area contributed by atoms with Gasteiger partial charge >= 0.3 is 6.18 Å². The standard InChI is InChI=1S/C9H14F3N5OS2/c1-4-18-8(20)17-15-6(9(10,11)12)5(2)14-16-7(19)13-3/h4H2,1-3H3,(H,17,20)(H2,13,16,19)/b14-5+,15-6-. The number of alkyl halides is 3. The lowest BCUT2D eigenvalue weighted by atomic mass is 10.2. The Morgan fingerprint density at radius 1 is 1.20 bits per heavy atom. The van der Waals surface area contributed by atoms with E-state index in [4.69, 9.17) is 4.74 Å². The number of nitrogens with one attached hydrogen (secondary N) is 3. The molecule has 0 atom stereocenters. The average molecular weight is 329 g/mol. The molecule has 0 aromatic rings. The predicted molar refractivity (Wildman–Crippen MR) is 78.8 cm³/mol. The maximum atomic E-state index is 12.8. The fourth-order valence-corrected chi connectivity index (χ4v) is 1.07. The van der Waals surface area contributed by atoms with Crippen LogP contribution in [0.25, 0.3) is 0 Å². The molecule has 0 amide bonds. The van der Waals surface area contributed by atoms with Crippen molar-refractivity contribution in [1.82, 2.24) is 16.2 Å². The third-order valence-corrected chi connectivity index (χ3v) is 2.20. The molecule has 0 saturated carbocycles. The van der Waals surface area contributed by atoms with Crippen LogP contribution in [0.4, 0.5) is 13.2 Å². The molecule has 0 aromatic carbocycles. The van der Waals surface area contributed by atoms with Gasteiger partial charge in [0.05, 0.1) is 12.3 Å². The molecule has 11 heteroatoms. The quantitative estimate of drug-likeness (QED) is 0.410. The molecule has 114 valence electrons. The molecule has 0 unspecified atom stereocenters. The van der Waals surface area contributed by atoms with Crippen LogP contribution in [0.5, 0.6) is 0 Å². The van der Waals surface area contributed by atoms with Gasteiger partial charge in [0.25, 0.3) is 5.17 Å². The van der Waals surface area contributed by atoms with Crippen LogP contribution in [0, 0.1) is 0 Å². The number of ether oxygens (including phenoxy) is 1. The van der Waals surface area contributed by atoms with Gasteiger partial charge in [-0.2, -0.15) is 23.4 Å². The molecule has 0 fully saturated rings. The average Bonchev–Trinajstić information content (AvgIpc) is 2.34. The Labute approximate surface area is 124 Å². The van der Waals surface area contributed by atoms with Crippen molar-refractivity contribution in [2.45, 2.75) is 20.0 Å². The van der Waals surface area contributed by atoms with E-state index in [0.29, 0.717) is 0 Å². The van der Waals surface area contributed by atoms with Crippen LogP contribution in [0.2, 0.25) is 0 Å². The lowest BCUT2D eigenvalue weighted by Crippen LogP contribution is -2.36. The summed E-state index contributed by atoms with van der Waals surface area (Å²) in [5, 5.41) is 8.94. The fraction of sp³-hybridized carbons (Fsp3) is 0.556. The second-order valence-electron chi connectivity index (χ2n) is 3.18. The maximum absolute atomic E-state index is 12.8. The molecule has 0 radical (unpaired) electrons. The van der Waals surface area contributed by atoms with Crippen molar-refractivity contribution >= 4 is 46.1 Å². The lowest BCUT2D eigenvalue weighted by molar-refractivity contribution is -0.0570. The van der Waals surface area contributed by atoms with Gasteiger partial charge in [-0.25, -0.2) is 5.43 Å². The minimum absolute atomic E-state index is 0.0728. The molecule has 6 nitrogen and oxygen atoms in total. The summed E-state index contributed by atoms with van der Waals surface area (Å²) in [6.07, 6.45) is -4.70. The Bertz CT molecular complexity index is 422. The van der Waals surface area contributed by atoms with Crippen LogP contribution >= 0.6 is 24.4 Å². The topological polar surface area (TPSA) is 70.0 Å². The lowest BCUT2D eigenvalue weighted by Gasteiger charge is -2.11. The van der Waals surface area contributed by atoms with E-state index in [1.165, 1.54) is 7.05 Å².